The monoisotopic (exact) mass is 335 g/mol. The summed E-state index contributed by atoms with van der Waals surface area (Å²) >= 11 is 5.12. The number of carbonyl (C=O) groups is 1. The summed E-state index contributed by atoms with van der Waals surface area (Å²) < 4.78 is 10.6. The molecule has 1 amide bonds. The smallest absolute Gasteiger partial charge is 0.410 e. The van der Waals surface area contributed by atoms with Gasteiger partial charge in [0.2, 0.25) is 0 Å². The van der Waals surface area contributed by atoms with Gasteiger partial charge in [-0.15, -0.1) is 0 Å². The molecule has 2 rings (SSSR count). The fourth-order valence-corrected chi connectivity index (χ4v) is 2.91. The van der Waals surface area contributed by atoms with Gasteiger partial charge in [-0.3, -0.25) is 0 Å². The highest BCUT2D eigenvalue weighted by atomic mass is 32.1. The van der Waals surface area contributed by atoms with Crippen LogP contribution in [0, 0.1) is 0 Å². The minimum Gasteiger partial charge on any atom is -0.486 e. The molecule has 1 fully saturated rings. The molecule has 0 N–H and O–H groups in total. The van der Waals surface area contributed by atoms with Gasteiger partial charge in [0.1, 0.15) is 5.60 Å². The molecule has 0 aromatic heterocycles. The summed E-state index contributed by atoms with van der Waals surface area (Å²) in [7, 11) is 1.58. The Morgan fingerprint density at radius 3 is 2.52 bits per heavy atom. The van der Waals surface area contributed by atoms with Crippen LogP contribution in [0.15, 0.2) is 24.3 Å². The highest BCUT2D eigenvalue weighted by Crippen LogP contribution is 2.24. The molecule has 4 nitrogen and oxygen atoms in total. The Bertz CT molecular complexity index is 563. The minimum absolute atomic E-state index is 0.199. The van der Waals surface area contributed by atoms with E-state index in [9.17, 15) is 4.79 Å². The summed E-state index contributed by atoms with van der Waals surface area (Å²) in [6, 6.07) is 8.23. The van der Waals surface area contributed by atoms with E-state index in [0.29, 0.717) is 5.05 Å². The number of carbonyl (C=O) groups excluding carboxylic acids is 1. The molecule has 0 saturated carbocycles. The van der Waals surface area contributed by atoms with Crippen molar-refractivity contribution in [2.24, 2.45) is 0 Å². The van der Waals surface area contributed by atoms with Crippen molar-refractivity contribution in [1.29, 1.82) is 0 Å². The molecule has 1 saturated heterocycles. The van der Waals surface area contributed by atoms with Crippen LogP contribution in [0.4, 0.5) is 4.79 Å². The minimum atomic E-state index is -0.457. The zero-order chi connectivity index (χ0) is 17.0. The van der Waals surface area contributed by atoms with Crippen molar-refractivity contribution in [3.8, 4) is 0 Å². The van der Waals surface area contributed by atoms with Crippen LogP contribution in [0.3, 0.4) is 0 Å². The summed E-state index contributed by atoms with van der Waals surface area (Å²) in [6.07, 6.45) is 2.66. The van der Waals surface area contributed by atoms with Crippen molar-refractivity contribution in [2.45, 2.75) is 51.7 Å². The lowest BCUT2D eigenvalue weighted by Crippen LogP contribution is -2.40. The number of amides is 1. The third-order valence-electron chi connectivity index (χ3n) is 3.85. The lowest BCUT2D eigenvalue weighted by Gasteiger charge is -2.28. The van der Waals surface area contributed by atoms with E-state index in [4.69, 9.17) is 21.7 Å². The van der Waals surface area contributed by atoms with Gasteiger partial charge in [0, 0.05) is 18.2 Å². The van der Waals surface area contributed by atoms with Gasteiger partial charge < -0.3 is 14.4 Å². The second-order valence-electron chi connectivity index (χ2n) is 6.86. The number of hydrogen-bond acceptors (Lipinski definition) is 4. The summed E-state index contributed by atoms with van der Waals surface area (Å²) in [5.74, 6) is 0. The van der Waals surface area contributed by atoms with E-state index < -0.39 is 5.60 Å². The van der Waals surface area contributed by atoms with Crippen LogP contribution >= 0.6 is 12.2 Å². The Morgan fingerprint density at radius 1 is 1.30 bits per heavy atom. The Labute approximate surface area is 143 Å². The maximum absolute atomic E-state index is 12.3. The van der Waals surface area contributed by atoms with Gasteiger partial charge in [0.25, 0.3) is 0 Å². The van der Waals surface area contributed by atoms with E-state index in [0.717, 1.165) is 31.4 Å². The van der Waals surface area contributed by atoms with Crippen molar-refractivity contribution in [3.05, 3.63) is 35.4 Å². The third-order valence-corrected chi connectivity index (χ3v) is 4.25. The first-order valence-electron chi connectivity index (χ1n) is 7.97. The Kier molecular flexibility index (Phi) is 5.63. The normalized spacial score (nSPS) is 17.9. The fraction of sp³-hybridized carbons (Fsp3) is 0.556. The third kappa shape index (κ3) is 4.93. The molecule has 1 atom stereocenters. The molecular weight excluding hydrogens is 310 g/mol. The van der Waals surface area contributed by atoms with E-state index >= 15 is 0 Å². The number of benzene rings is 1. The van der Waals surface area contributed by atoms with Crippen LogP contribution in [0.1, 0.15) is 44.7 Å². The molecule has 1 aliphatic heterocycles. The number of thiocarbonyl (C=S) groups is 1. The predicted molar refractivity (Wildman–Crippen MR) is 94.8 cm³/mol. The highest BCUT2D eigenvalue weighted by Gasteiger charge is 2.32. The van der Waals surface area contributed by atoms with Crippen LogP contribution in [0.25, 0.3) is 0 Å². The second-order valence-corrected chi connectivity index (χ2v) is 7.23. The van der Waals surface area contributed by atoms with Gasteiger partial charge in [0.05, 0.1) is 7.11 Å². The SMILES string of the molecule is COC(=S)c1ccc(CC2CCCN2C(=O)OC(C)(C)C)cc1. The standard InChI is InChI=1S/C18H25NO3S/c1-18(2,3)22-17(20)19-11-5-6-15(19)12-13-7-9-14(10-8-13)16(23)21-4/h7-10,15H,5-6,11-12H2,1-4H3. The van der Waals surface area contributed by atoms with Gasteiger partial charge in [-0.25, -0.2) is 4.79 Å². The Hall–Kier alpha value is -1.62. The van der Waals surface area contributed by atoms with Crippen LogP contribution in [0.2, 0.25) is 0 Å². The first-order valence-corrected chi connectivity index (χ1v) is 8.38. The molecular formula is C18H25NO3S. The summed E-state index contributed by atoms with van der Waals surface area (Å²) in [6.45, 7) is 6.46. The molecule has 1 heterocycles. The summed E-state index contributed by atoms with van der Waals surface area (Å²) in [5.41, 5.74) is 1.64. The van der Waals surface area contributed by atoms with Gasteiger partial charge in [-0.2, -0.15) is 0 Å². The summed E-state index contributed by atoms with van der Waals surface area (Å²) in [4.78, 5) is 14.2. The predicted octanol–water partition coefficient (Wildman–Crippen LogP) is 3.95. The first-order chi connectivity index (χ1) is 10.8. The van der Waals surface area contributed by atoms with Crippen molar-refractivity contribution >= 4 is 23.4 Å². The van der Waals surface area contributed by atoms with Gasteiger partial charge in [0.15, 0.2) is 5.05 Å². The molecule has 1 aromatic carbocycles. The van der Waals surface area contributed by atoms with Crippen molar-refractivity contribution in [1.82, 2.24) is 4.90 Å². The molecule has 0 aliphatic carbocycles. The molecule has 1 aromatic rings. The van der Waals surface area contributed by atoms with Crippen molar-refractivity contribution < 1.29 is 14.3 Å². The quantitative estimate of drug-likeness (QED) is 0.784. The fourth-order valence-electron chi connectivity index (χ4n) is 2.78. The average molecular weight is 335 g/mol. The number of nitrogens with zero attached hydrogens (tertiary/aromatic N) is 1. The molecule has 0 radical (unpaired) electrons. The largest absolute Gasteiger partial charge is 0.486 e. The van der Waals surface area contributed by atoms with E-state index in [-0.39, 0.29) is 12.1 Å². The lowest BCUT2D eigenvalue weighted by atomic mass is 10.0. The molecule has 1 aliphatic rings. The lowest BCUT2D eigenvalue weighted by molar-refractivity contribution is 0.0227. The van der Waals surface area contributed by atoms with E-state index in [1.807, 2.05) is 49.9 Å². The number of ether oxygens (including phenoxy) is 2. The van der Waals surface area contributed by atoms with Crippen LogP contribution in [-0.4, -0.2) is 41.3 Å². The maximum Gasteiger partial charge on any atom is 0.410 e. The molecule has 23 heavy (non-hydrogen) atoms. The highest BCUT2D eigenvalue weighted by molar-refractivity contribution is 7.80. The second kappa shape index (κ2) is 7.30. The molecule has 1 unspecified atom stereocenters. The van der Waals surface area contributed by atoms with Crippen LogP contribution < -0.4 is 0 Å². The van der Waals surface area contributed by atoms with E-state index in [2.05, 4.69) is 0 Å². The number of likely N-dealkylation sites (tertiary alicyclic amines) is 1. The molecule has 0 bridgehead atoms. The first kappa shape index (κ1) is 17.7. The zero-order valence-electron chi connectivity index (χ0n) is 14.3. The van der Waals surface area contributed by atoms with E-state index in [1.165, 1.54) is 5.56 Å². The average Bonchev–Trinajstić information content (AvgIpc) is 2.94. The van der Waals surface area contributed by atoms with Crippen molar-refractivity contribution in [3.63, 3.8) is 0 Å². The van der Waals surface area contributed by atoms with Gasteiger partial charge in [-0.05, 0) is 57.8 Å². The molecule has 5 heteroatoms. The Balaban J connectivity index is 2.01. The number of methoxy groups -OCH3 is 1. The van der Waals surface area contributed by atoms with Crippen LogP contribution in [-0.2, 0) is 15.9 Å². The maximum atomic E-state index is 12.3. The molecule has 0 spiro atoms. The van der Waals surface area contributed by atoms with Gasteiger partial charge >= 0.3 is 6.09 Å². The summed E-state index contributed by atoms with van der Waals surface area (Å²) in [5, 5.41) is 0.493. The molecule has 126 valence electrons. The van der Waals surface area contributed by atoms with Crippen molar-refractivity contribution in [2.75, 3.05) is 13.7 Å². The Morgan fingerprint density at radius 2 is 1.96 bits per heavy atom. The number of rotatable bonds is 3. The number of hydrogen-bond donors (Lipinski definition) is 0. The van der Waals surface area contributed by atoms with Crippen LogP contribution in [0.5, 0.6) is 0 Å². The zero-order valence-corrected chi connectivity index (χ0v) is 15.1. The van der Waals surface area contributed by atoms with Gasteiger partial charge in [-0.1, -0.05) is 24.3 Å². The topological polar surface area (TPSA) is 38.8 Å². The van der Waals surface area contributed by atoms with E-state index in [1.54, 1.807) is 7.11 Å².